The summed E-state index contributed by atoms with van der Waals surface area (Å²) in [6.07, 6.45) is -59.8. The molecular weight excluding hydrogens is 1510 g/mol. The van der Waals surface area contributed by atoms with E-state index < -0.39 is 304 Å². The van der Waals surface area contributed by atoms with Crippen LogP contribution >= 0.6 is 0 Å². The molecule has 12 amide bonds. The Kier molecular flexibility index (Phi) is 30.9. The molecule has 0 bridgehead atoms. The van der Waals surface area contributed by atoms with Gasteiger partial charge in [-0.05, 0) is 34.6 Å². The number of carbonyl (C=O) groups excluding carboxylic acids is 12. The van der Waals surface area contributed by atoms with E-state index >= 15 is 0 Å². The Bertz CT molecular complexity index is 3350. The van der Waals surface area contributed by atoms with Crippen molar-refractivity contribution in [2.45, 2.75) is 321 Å². The van der Waals surface area contributed by atoms with Crippen LogP contribution in [0, 0.1) is 0 Å². The first-order valence-corrected chi connectivity index (χ1v) is 35.5. The Morgan fingerprint density at radius 3 is 0.804 bits per heavy atom. The summed E-state index contributed by atoms with van der Waals surface area (Å²) in [5, 5.41) is 115. The summed E-state index contributed by atoms with van der Waals surface area (Å²) in [5.74, 6) is -10.8. The molecule has 0 spiro atoms. The van der Waals surface area contributed by atoms with Crippen LogP contribution in [0.5, 0.6) is 0 Å². The Balaban J connectivity index is 1.07. The third kappa shape index (κ3) is 20.3. The number of nitrogens with two attached hydrogens (primary N) is 4. The number of nitrogens with one attached hydrogen (secondary N) is 8. The third-order valence-corrected chi connectivity index (χ3v) is 20.1. The normalized spacial score (nSPS) is 44.3. The summed E-state index contributed by atoms with van der Waals surface area (Å²) in [6, 6.07) is -13.2. The molecule has 8 saturated heterocycles. The van der Waals surface area contributed by atoms with Crippen molar-refractivity contribution in [3.63, 3.8) is 0 Å². The second-order valence-electron chi connectivity index (χ2n) is 28.3. The van der Waals surface area contributed by atoms with Gasteiger partial charge in [-0.1, -0.05) is 0 Å². The number of hydrogen-bond donors (Lipinski definition) is 20. The number of primary amides is 4. The highest BCUT2D eigenvalue weighted by Crippen LogP contribution is 2.40. The van der Waals surface area contributed by atoms with E-state index in [0.717, 1.165) is 41.7 Å². The highest BCUT2D eigenvalue weighted by atomic mass is 16.8. The van der Waals surface area contributed by atoms with Gasteiger partial charge in [-0.2, -0.15) is 0 Å². The predicted molar refractivity (Wildman–Crippen MR) is 359 cm³/mol. The topological polar surface area (TPSA) is 715 Å². The van der Waals surface area contributed by atoms with Crippen molar-refractivity contribution >= 4 is 71.9 Å². The predicted octanol–water partition coefficient (Wildman–Crippen LogP) is -14.3. The molecule has 24 N–H and O–H groups in total. The molecule has 8 rings (SSSR count). The van der Waals surface area contributed by atoms with E-state index in [4.69, 9.17) is 98.7 Å². The van der Waals surface area contributed by atoms with Gasteiger partial charge in [-0.3, -0.25) is 57.5 Å². The van der Waals surface area contributed by atoms with Gasteiger partial charge in [-0.15, -0.1) is 0 Å². The summed E-state index contributed by atoms with van der Waals surface area (Å²) in [7, 11) is 1.14. The molecule has 634 valence electrons. The number of aliphatic hydroxyl groups excluding tert-OH is 8. The highest BCUT2D eigenvalue weighted by Gasteiger charge is 2.62. The third-order valence-electron chi connectivity index (χ3n) is 20.1. The quantitative estimate of drug-likeness (QED) is 0.0309. The van der Waals surface area contributed by atoms with Crippen LogP contribution in [-0.2, 0) is 133 Å². The fourth-order valence-corrected chi connectivity index (χ4v) is 14.8. The van der Waals surface area contributed by atoms with Gasteiger partial charge in [0.1, 0.15) is 128 Å². The van der Waals surface area contributed by atoms with Crippen LogP contribution in [0.4, 0.5) is 0 Å². The Morgan fingerprint density at radius 2 is 0.500 bits per heavy atom. The van der Waals surface area contributed by atoms with Gasteiger partial charge in [-0.25, -0.2) is 0 Å². The molecule has 48 heteroatoms. The van der Waals surface area contributed by atoms with Crippen molar-refractivity contribution in [3.05, 3.63) is 0 Å². The average Bonchev–Trinajstić information content (AvgIpc) is 0.763. The smallest absolute Gasteiger partial charge is 0.249 e. The molecule has 0 aromatic heterocycles. The molecule has 8 aliphatic rings. The fourth-order valence-electron chi connectivity index (χ4n) is 14.8. The molecule has 0 aliphatic carbocycles. The van der Waals surface area contributed by atoms with E-state index in [-0.39, 0.29) is 6.41 Å². The van der Waals surface area contributed by atoms with Gasteiger partial charge >= 0.3 is 0 Å². The number of ether oxygens (including phenoxy) is 16. The molecule has 40 atom stereocenters. The zero-order valence-electron chi connectivity index (χ0n) is 62.6. The van der Waals surface area contributed by atoms with Crippen molar-refractivity contribution < 1.29 is 174 Å². The first-order chi connectivity index (χ1) is 52.5. The number of amides is 12. The minimum Gasteiger partial charge on any atom is -0.388 e. The van der Waals surface area contributed by atoms with Gasteiger partial charge < -0.3 is 182 Å². The van der Waals surface area contributed by atoms with E-state index in [0.29, 0.717) is 6.41 Å². The van der Waals surface area contributed by atoms with Crippen LogP contribution in [0.25, 0.3) is 0 Å². The number of carbonyl (C=O) groups is 12. The lowest BCUT2D eigenvalue weighted by atomic mass is 9.92. The first-order valence-electron chi connectivity index (χ1n) is 35.5. The van der Waals surface area contributed by atoms with Gasteiger partial charge in [0, 0.05) is 48.7 Å². The van der Waals surface area contributed by atoms with E-state index in [9.17, 15) is 98.4 Å². The summed E-state index contributed by atoms with van der Waals surface area (Å²) in [5.41, 5.74) is 23.5. The average molecular weight is 1620 g/mol. The largest absolute Gasteiger partial charge is 0.388 e. The molecule has 0 unspecified atom stereocenters. The maximum absolute atomic E-state index is 13.8. The molecule has 8 heterocycles. The molecule has 0 saturated carbocycles. The molecular formula is C64H102N12O36. The van der Waals surface area contributed by atoms with Gasteiger partial charge in [0.15, 0.2) is 68.4 Å². The molecule has 0 aromatic carbocycles. The summed E-state index contributed by atoms with van der Waals surface area (Å²) < 4.78 is 97.1. The van der Waals surface area contributed by atoms with Gasteiger partial charge in [0.25, 0.3) is 0 Å². The number of rotatable bonds is 29. The molecule has 48 nitrogen and oxygen atoms in total. The van der Waals surface area contributed by atoms with Crippen molar-refractivity contribution in [3.8, 4) is 0 Å². The van der Waals surface area contributed by atoms with Gasteiger partial charge in [0.2, 0.25) is 71.9 Å². The maximum atomic E-state index is 13.8. The standard InChI is InChI=1S/C64H102N12O36/c1-15-26(69-13-77)36(87)48(97-12)63(99-15)106-46-40(91)31(74-23(9)82)60(111-52(46)56(67)95)105-45-39(90)30(73-22(8)81)59(110-51(45)55(66)94)103-43-33(76-25(11)84)62(101-19(5)35(43)86)108-49-37(88)27(70-14-78)16(2)100-64(49)107-47-41(92)32(75-24(10)83)61(112-53(47)57(68)96)104-44-38(89)29(72-21(7)80)58(109-50(44)54(65)93)102-42-28(71-20(6)79)17(3)98-18(4)34(42)85/h13-19,26-53,58-64,85-92H,1-12H3,(H2,65,93)(H2,66,94)(H2,67,95)(H2,68,96)(H,69,77)(H,70,78)(H,71,79)(H,72,80)(H,73,81)(H,74,82)(H,75,83)(H,76,84)/t15-,16-,17+,18-,19-,26-,27-,28+,29-,30-,31-,32-,33-,34-,35-,36+,37+,38-,39-,40-,41-,42-,43-,44-,45-,46-,47-,48-,49-,50+,51+,52+,53+,58+,59+,60+,61+,62+,63+,64+/m1/s1. The van der Waals surface area contributed by atoms with Crippen LogP contribution in [0.1, 0.15) is 76.2 Å². The lowest BCUT2D eigenvalue weighted by Crippen LogP contribution is -2.73. The Morgan fingerprint density at radius 1 is 0.277 bits per heavy atom. The molecule has 0 radical (unpaired) electrons. The summed E-state index contributed by atoms with van der Waals surface area (Å²) in [4.78, 5) is 156. The SMILES string of the molecule is CO[C@H]1[C@H](O[C@@H]2[C@H](O)[C@@H](NC(C)=O)[C@@H](O[C@@H]3[C@H](O)[C@@H](NC(C)=O)[C@@H](O[C@H]4[C@H](O)[C@@H](C)O[C@@H](O[C@H]5[C@H](O[C@@H]6[C@H](O)[C@@H](NC(C)=O)[C@@H](O[C@@H]7[C@H](O)[C@@H](NC(C)=O)[C@@H](O[C@H]8[C@H](O)[C@@H](C)O[C@@H](C)[C@@H]8NC(C)=O)O[C@@H]7C(N)=O)O[C@@H]6C(N)=O)O[C@H](C)[C@@H](NC=O)[C@@H]5O)[C@@H]4NC(C)=O)O[C@@H]3C(N)=O)O[C@@H]2C(N)=O)O[C@H](C)[C@@H](NC=O)[C@@H]1O. The van der Waals surface area contributed by atoms with E-state index in [1.54, 1.807) is 6.92 Å². The van der Waals surface area contributed by atoms with Gasteiger partial charge in [0.05, 0.1) is 48.6 Å². The fraction of sp³-hybridized carbons (Fsp3) is 0.812. The Hall–Kier alpha value is -7.32. The Labute approximate surface area is 638 Å². The molecule has 112 heavy (non-hydrogen) atoms. The number of hydrogen-bond acceptors (Lipinski definition) is 36. The van der Waals surface area contributed by atoms with Crippen molar-refractivity contribution in [2.75, 3.05) is 7.11 Å². The molecule has 8 aliphatic heterocycles. The first kappa shape index (κ1) is 90.2. The van der Waals surface area contributed by atoms with E-state index in [2.05, 4.69) is 42.5 Å². The lowest BCUT2D eigenvalue weighted by molar-refractivity contribution is -0.374. The van der Waals surface area contributed by atoms with Crippen molar-refractivity contribution in [2.24, 2.45) is 22.9 Å². The lowest BCUT2D eigenvalue weighted by Gasteiger charge is -2.52. The number of methoxy groups -OCH3 is 1. The zero-order chi connectivity index (χ0) is 83.3. The number of aliphatic hydroxyl groups is 8. The van der Waals surface area contributed by atoms with Crippen molar-refractivity contribution in [1.29, 1.82) is 0 Å². The van der Waals surface area contributed by atoms with Crippen molar-refractivity contribution in [1.82, 2.24) is 42.5 Å². The minimum absolute atomic E-state index is 0.162. The van der Waals surface area contributed by atoms with Crippen LogP contribution < -0.4 is 65.5 Å². The zero-order valence-corrected chi connectivity index (χ0v) is 62.6. The van der Waals surface area contributed by atoms with Crippen LogP contribution in [0.3, 0.4) is 0 Å². The van der Waals surface area contributed by atoms with E-state index in [1.165, 1.54) is 34.6 Å². The summed E-state index contributed by atoms with van der Waals surface area (Å²) >= 11 is 0. The van der Waals surface area contributed by atoms with E-state index in [1.807, 2.05) is 0 Å². The minimum atomic E-state index is -2.32. The molecule has 8 fully saturated rings. The second kappa shape index (κ2) is 38.4. The monoisotopic (exact) mass is 1610 g/mol. The van der Waals surface area contributed by atoms with Crippen LogP contribution in [-0.4, -0.2) is 365 Å². The second-order valence-corrected chi connectivity index (χ2v) is 28.3. The maximum Gasteiger partial charge on any atom is 0.249 e. The van der Waals surface area contributed by atoms with Crippen LogP contribution in [0.15, 0.2) is 0 Å². The molecule has 0 aromatic rings. The highest BCUT2D eigenvalue weighted by molar-refractivity contribution is 5.82. The summed E-state index contributed by atoms with van der Waals surface area (Å²) in [6.45, 7) is 13.1. The van der Waals surface area contributed by atoms with Crippen LogP contribution in [0.2, 0.25) is 0 Å².